The van der Waals surface area contributed by atoms with E-state index >= 15 is 0 Å². The van der Waals surface area contributed by atoms with Crippen molar-refractivity contribution in [3.63, 3.8) is 0 Å². The Kier molecular flexibility index (Phi) is 6.90. The van der Waals surface area contributed by atoms with Crippen molar-refractivity contribution in [2.24, 2.45) is 5.41 Å². The highest BCUT2D eigenvalue weighted by Gasteiger charge is 2.52. The van der Waals surface area contributed by atoms with E-state index in [-0.39, 0.29) is 35.9 Å². The second-order valence-corrected chi connectivity index (χ2v) is 6.64. The van der Waals surface area contributed by atoms with Crippen LogP contribution in [0.5, 0.6) is 0 Å². The van der Waals surface area contributed by atoms with Crippen LogP contribution in [0.1, 0.15) is 50.9 Å². The third-order valence-electron chi connectivity index (χ3n) is 4.73. The van der Waals surface area contributed by atoms with E-state index in [0.717, 1.165) is 26.0 Å². The first-order valence-electron chi connectivity index (χ1n) is 8.19. The summed E-state index contributed by atoms with van der Waals surface area (Å²) in [6.45, 7) is 9.99. The zero-order chi connectivity index (χ0) is 16.3. The first-order chi connectivity index (χ1) is 10.4. The Morgan fingerprint density at radius 1 is 1.39 bits per heavy atom. The summed E-state index contributed by atoms with van der Waals surface area (Å²) in [6.07, 6.45) is 2.09. The molecule has 0 spiro atoms. The quantitative estimate of drug-likeness (QED) is 0.802. The molecule has 1 saturated carbocycles. The summed E-state index contributed by atoms with van der Waals surface area (Å²) < 4.78 is 5.80. The molecule has 1 aromatic carbocycles. The van der Waals surface area contributed by atoms with Crippen molar-refractivity contribution in [1.29, 1.82) is 0 Å². The molecule has 0 heterocycles. The molecule has 5 heteroatoms. The highest BCUT2D eigenvalue weighted by molar-refractivity contribution is 5.95. The molecule has 1 amide bonds. The molecule has 130 valence electrons. The number of nitrogens with zero attached hydrogens (tertiary/aromatic N) is 1. The maximum atomic E-state index is 12.9. The van der Waals surface area contributed by atoms with E-state index in [2.05, 4.69) is 20.8 Å². The second-order valence-electron chi connectivity index (χ2n) is 6.64. The Morgan fingerprint density at radius 2 is 2.09 bits per heavy atom. The highest BCUT2D eigenvalue weighted by atomic mass is 35.5. The summed E-state index contributed by atoms with van der Waals surface area (Å²) in [6, 6.07) is 7.46. The fourth-order valence-electron chi connectivity index (χ4n) is 3.35. The Balaban J connectivity index is 0.00000264. The molecular formula is C18H29ClN2O2. The standard InChI is InChI=1S/C18H28N2O2.ClH/c1-5-10-20(15-12-16(22-6-2)18(15,3)4)17(21)13-8-7-9-14(19)11-13;/h7-9,11,15-16H,5-6,10,12,19H2,1-4H3;1H. The molecule has 2 N–H and O–H groups in total. The van der Waals surface area contributed by atoms with Gasteiger partial charge in [0.25, 0.3) is 5.91 Å². The van der Waals surface area contributed by atoms with Gasteiger partial charge in [0.05, 0.1) is 6.10 Å². The lowest BCUT2D eigenvalue weighted by Gasteiger charge is -2.55. The van der Waals surface area contributed by atoms with Gasteiger partial charge in [-0.15, -0.1) is 12.4 Å². The molecule has 1 aliphatic rings. The molecule has 2 unspecified atom stereocenters. The monoisotopic (exact) mass is 340 g/mol. The van der Waals surface area contributed by atoms with Crippen LogP contribution in [0.3, 0.4) is 0 Å². The number of carbonyl (C=O) groups excluding carboxylic acids is 1. The number of carbonyl (C=O) groups is 1. The van der Waals surface area contributed by atoms with E-state index in [4.69, 9.17) is 10.5 Å². The molecule has 0 bridgehead atoms. The predicted molar refractivity (Wildman–Crippen MR) is 97.0 cm³/mol. The molecule has 2 atom stereocenters. The van der Waals surface area contributed by atoms with E-state index in [9.17, 15) is 4.79 Å². The lowest BCUT2D eigenvalue weighted by molar-refractivity contribution is -0.140. The van der Waals surface area contributed by atoms with Gasteiger partial charge in [0.1, 0.15) is 0 Å². The summed E-state index contributed by atoms with van der Waals surface area (Å²) in [7, 11) is 0. The molecule has 0 saturated heterocycles. The van der Waals surface area contributed by atoms with E-state index in [1.54, 1.807) is 12.1 Å². The number of ether oxygens (including phenoxy) is 1. The van der Waals surface area contributed by atoms with Crippen LogP contribution in [0.25, 0.3) is 0 Å². The molecule has 1 aromatic rings. The first-order valence-corrected chi connectivity index (χ1v) is 8.19. The van der Waals surface area contributed by atoms with Crippen LogP contribution in [-0.4, -0.2) is 36.1 Å². The van der Waals surface area contributed by atoms with Crippen LogP contribution in [-0.2, 0) is 4.74 Å². The lowest BCUT2D eigenvalue weighted by Crippen LogP contribution is -2.63. The van der Waals surface area contributed by atoms with Gasteiger partial charge in [-0.2, -0.15) is 0 Å². The molecule has 0 aliphatic heterocycles. The van der Waals surface area contributed by atoms with Crippen LogP contribution < -0.4 is 5.73 Å². The SMILES string of the molecule is CCCN(C(=O)c1cccc(N)c1)C1CC(OCC)C1(C)C.Cl. The molecule has 0 aromatic heterocycles. The van der Waals surface area contributed by atoms with Gasteiger partial charge in [0.2, 0.25) is 0 Å². The van der Waals surface area contributed by atoms with Crippen molar-refractivity contribution < 1.29 is 9.53 Å². The van der Waals surface area contributed by atoms with Crippen molar-refractivity contribution >= 4 is 24.0 Å². The summed E-state index contributed by atoms with van der Waals surface area (Å²) in [5, 5.41) is 0. The topological polar surface area (TPSA) is 55.6 Å². The Morgan fingerprint density at radius 3 is 2.61 bits per heavy atom. The fraction of sp³-hybridized carbons (Fsp3) is 0.611. The van der Waals surface area contributed by atoms with Gasteiger partial charge < -0.3 is 15.4 Å². The molecule has 1 aliphatic carbocycles. The van der Waals surface area contributed by atoms with E-state index in [1.165, 1.54) is 0 Å². The zero-order valence-electron chi connectivity index (χ0n) is 14.5. The normalized spacial score (nSPS) is 21.9. The third-order valence-corrected chi connectivity index (χ3v) is 4.73. The second kappa shape index (κ2) is 8.02. The fourth-order valence-corrected chi connectivity index (χ4v) is 3.35. The van der Waals surface area contributed by atoms with Crippen molar-refractivity contribution in [2.75, 3.05) is 18.9 Å². The molecular weight excluding hydrogens is 312 g/mol. The van der Waals surface area contributed by atoms with Crippen molar-refractivity contribution in [1.82, 2.24) is 4.90 Å². The van der Waals surface area contributed by atoms with Crippen molar-refractivity contribution in [3.8, 4) is 0 Å². The van der Waals surface area contributed by atoms with Gasteiger partial charge in [0.15, 0.2) is 0 Å². The van der Waals surface area contributed by atoms with Gasteiger partial charge in [-0.1, -0.05) is 26.8 Å². The first kappa shape index (κ1) is 19.8. The Hall–Kier alpha value is -1.26. The smallest absolute Gasteiger partial charge is 0.254 e. The number of hydrogen-bond donors (Lipinski definition) is 1. The van der Waals surface area contributed by atoms with Crippen LogP contribution in [0.4, 0.5) is 5.69 Å². The highest BCUT2D eigenvalue weighted by Crippen LogP contribution is 2.46. The van der Waals surface area contributed by atoms with Gasteiger partial charge >= 0.3 is 0 Å². The maximum absolute atomic E-state index is 12.9. The van der Waals surface area contributed by atoms with Crippen LogP contribution in [0.15, 0.2) is 24.3 Å². The van der Waals surface area contributed by atoms with Crippen molar-refractivity contribution in [2.45, 2.75) is 52.7 Å². The molecule has 2 rings (SSSR count). The molecule has 1 fully saturated rings. The summed E-state index contributed by atoms with van der Waals surface area (Å²) >= 11 is 0. The van der Waals surface area contributed by atoms with Crippen LogP contribution in [0, 0.1) is 5.41 Å². The average molecular weight is 341 g/mol. The number of benzene rings is 1. The van der Waals surface area contributed by atoms with Crippen LogP contribution in [0.2, 0.25) is 0 Å². The molecule has 0 radical (unpaired) electrons. The number of rotatable bonds is 6. The molecule has 23 heavy (non-hydrogen) atoms. The van der Waals surface area contributed by atoms with Gasteiger partial charge in [-0.25, -0.2) is 0 Å². The largest absolute Gasteiger partial charge is 0.399 e. The Labute approximate surface area is 145 Å². The average Bonchev–Trinajstić information content (AvgIpc) is 2.49. The van der Waals surface area contributed by atoms with E-state index in [1.807, 2.05) is 24.0 Å². The predicted octanol–water partition coefficient (Wildman–Crippen LogP) is 3.75. The van der Waals surface area contributed by atoms with E-state index < -0.39 is 0 Å². The Bertz CT molecular complexity index is 534. The molecule has 4 nitrogen and oxygen atoms in total. The number of anilines is 1. The summed E-state index contributed by atoms with van der Waals surface area (Å²) in [5.74, 6) is 0.0715. The number of hydrogen-bond acceptors (Lipinski definition) is 3. The minimum Gasteiger partial charge on any atom is -0.399 e. The summed E-state index contributed by atoms with van der Waals surface area (Å²) in [5.41, 5.74) is 7.10. The number of halogens is 1. The van der Waals surface area contributed by atoms with E-state index in [0.29, 0.717) is 11.3 Å². The number of amides is 1. The van der Waals surface area contributed by atoms with Gasteiger partial charge in [0, 0.05) is 35.9 Å². The third kappa shape index (κ3) is 3.99. The minimum absolute atomic E-state index is 0. The van der Waals surface area contributed by atoms with Gasteiger partial charge in [-0.05, 0) is 38.0 Å². The number of nitrogens with two attached hydrogens (primary N) is 1. The number of nitrogen functional groups attached to an aromatic ring is 1. The zero-order valence-corrected chi connectivity index (χ0v) is 15.4. The van der Waals surface area contributed by atoms with Gasteiger partial charge in [-0.3, -0.25) is 4.79 Å². The summed E-state index contributed by atoms with van der Waals surface area (Å²) in [4.78, 5) is 14.9. The lowest BCUT2D eigenvalue weighted by atomic mass is 9.63. The maximum Gasteiger partial charge on any atom is 0.254 e. The minimum atomic E-state index is -0.0127. The van der Waals surface area contributed by atoms with Crippen molar-refractivity contribution in [3.05, 3.63) is 29.8 Å². The van der Waals surface area contributed by atoms with Crippen LogP contribution >= 0.6 is 12.4 Å².